The predicted molar refractivity (Wildman–Crippen MR) is 82.8 cm³/mol. The van der Waals surface area contributed by atoms with E-state index < -0.39 is 5.82 Å². The molecule has 0 fully saturated rings. The summed E-state index contributed by atoms with van der Waals surface area (Å²) in [4.78, 5) is 16.2. The highest BCUT2D eigenvalue weighted by molar-refractivity contribution is 7.12. The molecule has 0 N–H and O–H groups in total. The highest BCUT2D eigenvalue weighted by Crippen LogP contribution is 2.39. The van der Waals surface area contributed by atoms with Crippen LogP contribution in [0.15, 0.2) is 25.8 Å². The topological polar surface area (TPSA) is 43.4 Å². The molecule has 3 nitrogen and oxygen atoms in total. The number of hydrogen-bond acceptors (Lipinski definition) is 5. The summed E-state index contributed by atoms with van der Waals surface area (Å²) in [5.74, 6) is 0.428. The molecule has 0 aliphatic carbocycles. The minimum atomic E-state index is -0.651. The van der Waals surface area contributed by atoms with Crippen molar-refractivity contribution in [3.05, 3.63) is 42.3 Å². The fourth-order valence-electron chi connectivity index (χ4n) is 2.35. The van der Waals surface area contributed by atoms with Gasteiger partial charge in [-0.25, -0.2) is 4.79 Å². The summed E-state index contributed by atoms with van der Waals surface area (Å²) in [6.45, 7) is 8.13. The van der Waals surface area contributed by atoms with Gasteiger partial charge in [0, 0.05) is 30.6 Å². The zero-order chi connectivity index (χ0) is 14.4. The molecule has 3 heterocycles. The van der Waals surface area contributed by atoms with E-state index in [1.54, 1.807) is 22.7 Å². The molecule has 0 spiro atoms. The summed E-state index contributed by atoms with van der Waals surface area (Å²) in [6.07, 6.45) is 0. The number of aryl methyl sites for hydroxylation is 4. The maximum Gasteiger partial charge on any atom is 0.519 e. The SMILES string of the molecule is Cc1cc(-c2oc(=O)oc2-c2cc(C)sc2C)c(C)s1. The lowest BCUT2D eigenvalue weighted by atomic mass is 10.1. The second-order valence-electron chi connectivity index (χ2n) is 4.77. The van der Waals surface area contributed by atoms with Gasteiger partial charge in [0.05, 0.1) is 0 Å². The maximum atomic E-state index is 11.6. The molecule has 3 aromatic heterocycles. The molecular formula is C15H14O3S2. The molecule has 5 heteroatoms. The van der Waals surface area contributed by atoms with Gasteiger partial charge in [0.25, 0.3) is 0 Å². The van der Waals surface area contributed by atoms with Crippen LogP contribution >= 0.6 is 22.7 Å². The van der Waals surface area contributed by atoms with Gasteiger partial charge in [-0.1, -0.05) is 0 Å². The Bertz CT molecular complexity index is 763. The van der Waals surface area contributed by atoms with E-state index in [4.69, 9.17) is 8.83 Å². The van der Waals surface area contributed by atoms with Gasteiger partial charge in [-0.2, -0.15) is 0 Å². The highest BCUT2D eigenvalue weighted by Gasteiger charge is 2.22. The first-order valence-electron chi connectivity index (χ1n) is 6.24. The second kappa shape index (κ2) is 4.75. The van der Waals surface area contributed by atoms with Crippen molar-refractivity contribution in [1.29, 1.82) is 0 Å². The molecule has 0 aliphatic heterocycles. The Labute approximate surface area is 124 Å². The third-order valence-electron chi connectivity index (χ3n) is 3.15. The monoisotopic (exact) mass is 306 g/mol. The Morgan fingerprint density at radius 1 is 0.800 bits per heavy atom. The van der Waals surface area contributed by atoms with Gasteiger partial charge < -0.3 is 8.83 Å². The minimum Gasteiger partial charge on any atom is -0.390 e. The standard InChI is InChI=1S/C15H14O3S2/c1-7-5-11(9(3)19-7)13-14(18-15(16)17-13)12-6-8(2)20-10(12)4/h5-6H,1-4H3. The summed E-state index contributed by atoms with van der Waals surface area (Å²) >= 11 is 3.37. The molecule has 3 aromatic rings. The van der Waals surface area contributed by atoms with Crippen LogP contribution < -0.4 is 5.82 Å². The number of rotatable bonds is 2. The molecule has 0 bridgehead atoms. The first-order valence-corrected chi connectivity index (χ1v) is 7.87. The molecule has 0 amide bonds. The normalized spacial score (nSPS) is 11.2. The van der Waals surface area contributed by atoms with Crippen LogP contribution in [0.25, 0.3) is 22.6 Å². The van der Waals surface area contributed by atoms with Crippen molar-refractivity contribution in [1.82, 2.24) is 0 Å². The van der Waals surface area contributed by atoms with Gasteiger partial charge in [0.15, 0.2) is 11.5 Å². The summed E-state index contributed by atoms with van der Waals surface area (Å²) in [6, 6.07) is 4.07. The molecular weight excluding hydrogens is 292 g/mol. The Morgan fingerprint density at radius 2 is 1.20 bits per heavy atom. The Hall–Kier alpha value is -1.59. The van der Waals surface area contributed by atoms with Crippen molar-refractivity contribution in [3.63, 3.8) is 0 Å². The zero-order valence-electron chi connectivity index (χ0n) is 11.7. The van der Waals surface area contributed by atoms with E-state index >= 15 is 0 Å². The molecule has 0 radical (unpaired) electrons. The molecule has 3 rings (SSSR count). The van der Waals surface area contributed by atoms with Crippen molar-refractivity contribution >= 4 is 22.7 Å². The molecule has 0 aliphatic rings. The van der Waals surface area contributed by atoms with Crippen LogP contribution in [0.2, 0.25) is 0 Å². The Kier molecular flexibility index (Phi) is 3.18. The van der Waals surface area contributed by atoms with E-state index in [2.05, 4.69) is 0 Å². The number of thiophene rings is 2. The third kappa shape index (κ3) is 2.17. The lowest BCUT2D eigenvalue weighted by Crippen LogP contribution is -1.85. The molecule has 0 saturated carbocycles. The summed E-state index contributed by atoms with van der Waals surface area (Å²) in [5.41, 5.74) is 1.88. The first-order chi connectivity index (χ1) is 9.45. The maximum absolute atomic E-state index is 11.6. The summed E-state index contributed by atoms with van der Waals surface area (Å²) in [7, 11) is 0. The van der Waals surface area contributed by atoms with Gasteiger partial charge in [-0.15, -0.1) is 22.7 Å². The predicted octanol–water partition coefficient (Wildman–Crippen LogP) is 4.92. The molecule has 0 saturated heterocycles. The fourth-order valence-corrected chi connectivity index (χ4v) is 4.19. The highest BCUT2D eigenvalue weighted by atomic mass is 32.1. The van der Waals surface area contributed by atoms with Crippen molar-refractivity contribution in [2.75, 3.05) is 0 Å². The van der Waals surface area contributed by atoms with Crippen LogP contribution in [-0.2, 0) is 0 Å². The summed E-state index contributed by atoms with van der Waals surface area (Å²) < 4.78 is 10.6. The average Bonchev–Trinajstić information content (AvgIpc) is 2.97. The molecule has 20 heavy (non-hydrogen) atoms. The van der Waals surface area contributed by atoms with Gasteiger partial charge in [-0.3, -0.25) is 0 Å². The van der Waals surface area contributed by atoms with Gasteiger partial charge in [0.2, 0.25) is 0 Å². The van der Waals surface area contributed by atoms with E-state index in [0.717, 1.165) is 20.9 Å². The van der Waals surface area contributed by atoms with Crippen LogP contribution in [0, 0.1) is 27.7 Å². The lowest BCUT2D eigenvalue weighted by molar-refractivity contribution is 0.393. The van der Waals surface area contributed by atoms with E-state index in [9.17, 15) is 4.79 Å². The van der Waals surface area contributed by atoms with Crippen molar-refractivity contribution in [2.45, 2.75) is 27.7 Å². The quantitative estimate of drug-likeness (QED) is 0.674. The minimum absolute atomic E-state index is 0.540. The van der Waals surface area contributed by atoms with Crippen molar-refractivity contribution < 1.29 is 8.83 Å². The molecule has 0 unspecified atom stereocenters. The van der Waals surface area contributed by atoms with Crippen LogP contribution in [0.3, 0.4) is 0 Å². The van der Waals surface area contributed by atoms with Gasteiger partial charge in [-0.05, 0) is 39.8 Å². The average molecular weight is 306 g/mol. The lowest BCUT2D eigenvalue weighted by Gasteiger charge is -1.98. The smallest absolute Gasteiger partial charge is 0.390 e. The van der Waals surface area contributed by atoms with Crippen LogP contribution in [-0.4, -0.2) is 0 Å². The van der Waals surface area contributed by atoms with Gasteiger partial charge in [0.1, 0.15) is 0 Å². The fraction of sp³-hybridized carbons (Fsp3) is 0.267. The van der Waals surface area contributed by atoms with Crippen molar-refractivity contribution in [3.8, 4) is 22.6 Å². The van der Waals surface area contributed by atoms with Crippen LogP contribution in [0.4, 0.5) is 0 Å². The first kappa shape index (κ1) is 13.4. The number of hydrogen-bond donors (Lipinski definition) is 0. The Morgan fingerprint density at radius 3 is 1.50 bits per heavy atom. The largest absolute Gasteiger partial charge is 0.519 e. The molecule has 0 aromatic carbocycles. The third-order valence-corrected chi connectivity index (χ3v) is 5.08. The van der Waals surface area contributed by atoms with E-state index in [-0.39, 0.29) is 0 Å². The molecule has 0 atom stereocenters. The van der Waals surface area contributed by atoms with Gasteiger partial charge >= 0.3 is 5.82 Å². The van der Waals surface area contributed by atoms with Crippen LogP contribution in [0.5, 0.6) is 0 Å². The van der Waals surface area contributed by atoms with Crippen molar-refractivity contribution in [2.24, 2.45) is 0 Å². The Balaban J connectivity index is 2.26. The van der Waals surface area contributed by atoms with E-state index in [0.29, 0.717) is 11.5 Å². The zero-order valence-corrected chi connectivity index (χ0v) is 13.3. The van der Waals surface area contributed by atoms with E-state index in [1.807, 2.05) is 39.8 Å². The van der Waals surface area contributed by atoms with E-state index in [1.165, 1.54) is 9.75 Å². The second-order valence-corrected chi connectivity index (χ2v) is 7.69. The summed E-state index contributed by atoms with van der Waals surface area (Å²) in [5, 5.41) is 0. The molecule has 104 valence electrons. The van der Waals surface area contributed by atoms with Crippen LogP contribution in [0.1, 0.15) is 19.5 Å².